The van der Waals surface area contributed by atoms with Gasteiger partial charge in [0, 0.05) is 10.6 Å². The molecule has 0 aromatic heterocycles. The van der Waals surface area contributed by atoms with Crippen LogP contribution in [0.2, 0.25) is 0 Å². The van der Waals surface area contributed by atoms with Crippen molar-refractivity contribution in [1.29, 1.82) is 0 Å². The van der Waals surface area contributed by atoms with E-state index in [1.165, 1.54) is 23.9 Å². The van der Waals surface area contributed by atoms with Gasteiger partial charge in [0.2, 0.25) is 5.91 Å². The molecule has 3 rings (SSSR count). The normalized spacial score (nSPS) is 12.2. The number of amides is 1. The summed E-state index contributed by atoms with van der Waals surface area (Å²) < 4.78 is 27.8. The Morgan fingerprint density at radius 2 is 1.52 bits per heavy atom. The first-order valence-electron chi connectivity index (χ1n) is 9.06. The lowest BCUT2D eigenvalue weighted by Gasteiger charge is -2.13. The molecule has 0 aliphatic heterocycles. The summed E-state index contributed by atoms with van der Waals surface area (Å²) in [6.45, 7) is 3.67. The van der Waals surface area contributed by atoms with E-state index in [0.717, 1.165) is 10.5 Å². The second-order valence-corrected chi connectivity index (χ2v) is 9.60. The van der Waals surface area contributed by atoms with Crippen LogP contribution in [0.3, 0.4) is 0 Å². The quantitative estimate of drug-likeness (QED) is 0.526. The maximum absolute atomic E-state index is 12.6. The Morgan fingerprint density at radius 3 is 2.17 bits per heavy atom. The van der Waals surface area contributed by atoms with Gasteiger partial charge in [0.1, 0.15) is 0 Å². The second kappa shape index (κ2) is 9.15. The maximum Gasteiger partial charge on any atom is 0.261 e. The van der Waals surface area contributed by atoms with Crippen LogP contribution in [0, 0.1) is 6.92 Å². The van der Waals surface area contributed by atoms with Crippen molar-refractivity contribution in [1.82, 2.24) is 0 Å². The van der Waals surface area contributed by atoms with E-state index >= 15 is 0 Å². The number of thioether (sulfide) groups is 1. The third-order valence-electron chi connectivity index (χ3n) is 4.25. The van der Waals surface area contributed by atoms with Gasteiger partial charge >= 0.3 is 0 Å². The molecule has 0 saturated heterocycles. The third kappa shape index (κ3) is 5.62. The highest BCUT2D eigenvalue weighted by atomic mass is 32.2. The molecule has 0 radical (unpaired) electrons. The lowest BCUT2D eigenvalue weighted by Crippen LogP contribution is -2.22. The van der Waals surface area contributed by atoms with Gasteiger partial charge in [0.15, 0.2) is 0 Å². The fourth-order valence-corrected chi connectivity index (χ4v) is 4.63. The average molecular weight is 427 g/mol. The highest BCUT2D eigenvalue weighted by Crippen LogP contribution is 2.24. The van der Waals surface area contributed by atoms with Gasteiger partial charge in [-0.25, -0.2) is 8.42 Å². The van der Waals surface area contributed by atoms with Crippen molar-refractivity contribution >= 4 is 39.1 Å². The van der Waals surface area contributed by atoms with Gasteiger partial charge in [-0.3, -0.25) is 9.52 Å². The van der Waals surface area contributed by atoms with E-state index in [0.29, 0.717) is 11.4 Å². The number of nitrogens with one attached hydrogen (secondary N) is 2. The van der Waals surface area contributed by atoms with Crippen LogP contribution in [0.5, 0.6) is 0 Å². The molecule has 0 aliphatic rings. The molecule has 0 heterocycles. The molecule has 3 aromatic rings. The molecule has 0 bridgehead atoms. The minimum atomic E-state index is -3.70. The zero-order valence-electron chi connectivity index (χ0n) is 16.1. The first-order valence-corrected chi connectivity index (χ1v) is 11.4. The number of sulfonamides is 1. The number of hydrogen-bond acceptors (Lipinski definition) is 4. The Hall–Kier alpha value is -2.77. The molecule has 2 N–H and O–H groups in total. The molecule has 3 aromatic carbocycles. The SMILES string of the molecule is Cc1ccccc1NS(=O)(=O)c1ccc(NC(=O)C(C)Sc2ccccc2)cc1. The van der Waals surface area contributed by atoms with Crippen LogP contribution in [-0.2, 0) is 14.8 Å². The number of carbonyl (C=O) groups is 1. The monoisotopic (exact) mass is 426 g/mol. The van der Waals surface area contributed by atoms with E-state index in [9.17, 15) is 13.2 Å². The summed E-state index contributed by atoms with van der Waals surface area (Å²) in [5, 5.41) is 2.54. The highest BCUT2D eigenvalue weighted by molar-refractivity contribution is 8.00. The number of aryl methyl sites for hydroxylation is 1. The fraction of sp³-hybridized carbons (Fsp3) is 0.136. The fourth-order valence-electron chi connectivity index (χ4n) is 2.61. The van der Waals surface area contributed by atoms with Crippen LogP contribution in [0.25, 0.3) is 0 Å². The number of para-hydroxylation sites is 1. The van der Waals surface area contributed by atoms with Gasteiger partial charge in [-0.05, 0) is 61.9 Å². The van der Waals surface area contributed by atoms with Crippen LogP contribution in [-0.4, -0.2) is 19.6 Å². The van der Waals surface area contributed by atoms with E-state index in [1.807, 2.05) is 56.3 Å². The van der Waals surface area contributed by atoms with Crippen LogP contribution >= 0.6 is 11.8 Å². The smallest absolute Gasteiger partial charge is 0.261 e. The molecule has 1 unspecified atom stereocenters. The average Bonchev–Trinajstić information content (AvgIpc) is 2.71. The topological polar surface area (TPSA) is 75.3 Å². The van der Waals surface area contributed by atoms with Crippen LogP contribution < -0.4 is 10.0 Å². The Balaban J connectivity index is 1.65. The lowest BCUT2D eigenvalue weighted by molar-refractivity contribution is -0.115. The Labute approximate surface area is 175 Å². The zero-order chi connectivity index (χ0) is 20.9. The van der Waals surface area contributed by atoms with Gasteiger partial charge < -0.3 is 5.32 Å². The Kier molecular flexibility index (Phi) is 6.61. The molecular weight excluding hydrogens is 404 g/mol. The first-order chi connectivity index (χ1) is 13.8. The summed E-state index contributed by atoms with van der Waals surface area (Å²) in [5.41, 5.74) is 1.92. The molecule has 0 spiro atoms. The van der Waals surface area contributed by atoms with Crippen molar-refractivity contribution in [2.45, 2.75) is 28.9 Å². The van der Waals surface area contributed by atoms with Crippen LogP contribution in [0.15, 0.2) is 88.7 Å². The molecule has 1 amide bonds. The number of hydrogen-bond donors (Lipinski definition) is 2. The molecule has 0 aliphatic carbocycles. The predicted molar refractivity (Wildman–Crippen MR) is 119 cm³/mol. The van der Waals surface area contributed by atoms with Crippen molar-refractivity contribution in [3.63, 3.8) is 0 Å². The Bertz CT molecular complexity index is 1080. The van der Waals surface area contributed by atoms with Gasteiger partial charge in [-0.2, -0.15) is 0 Å². The van der Waals surface area contributed by atoms with E-state index in [-0.39, 0.29) is 16.1 Å². The summed E-state index contributed by atoms with van der Waals surface area (Å²) in [6, 6.07) is 23.0. The van der Waals surface area contributed by atoms with Gasteiger partial charge in [0.25, 0.3) is 10.0 Å². The third-order valence-corrected chi connectivity index (χ3v) is 6.74. The van der Waals surface area contributed by atoms with E-state index < -0.39 is 10.0 Å². The van der Waals surface area contributed by atoms with Crippen molar-refractivity contribution in [3.05, 3.63) is 84.4 Å². The van der Waals surface area contributed by atoms with Crippen molar-refractivity contribution in [2.75, 3.05) is 10.0 Å². The molecule has 5 nitrogen and oxygen atoms in total. The van der Waals surface area contributed by atoms with Gasteiger partial charge in [-0.1, -0.05) is 36.4 Å². The molecular formula is C22H22N2O3S2. The standard InChI is InChI=1S/C22H22N2O3S2/c1-16-8-6-7-11-21(16)24-29(26,27)20-14-12-18(13-15-20)23-22(25)17(2)28-19-9-4-3-5-10-19/h3-15,17,24H,1-2H3,(H,23,25). The van der Waals surface area contributed by atoms with E-state index in [1.54, 1.807) is 24.3 Å². The van der Waals surface area contributed by atoms with E-state index in [2.05, 4.69) is 10.0 Å². The molecule has 1 atom stereocenters. The largest absolute Gasteiger partial charge is 0.325 e. The molecule has 29 heavy (non-hydrogen) atoms. The summed E-state index contributed by atoms with van der Waals surface area (Å²) in [7, 11) is -3.70. The predicted octanol–water partition coefficient (Wildman–Crippen LogP) is 4.92. The zero-order valence-corrected chi connectivity index (χ0v) is 17.8. The molecule has 7 heteroatoms. The summed E-state index contributed by atoms with van der Waals surface area (Å²) >= 11 is 1.46. The number of carbonyl (C=O) groups excluding carboxylic acids is 1. The number of anilines is 2. The van der Waals surface area contributed by atoms with Crippen molar-refractivity contribution in [3.8, 4) is 0 Å². The number of rotatable bonds is 7. The van der Waals surface area contributed by atoms with Gasteiger partial charge in [-0.15, -0.1) is 11.8 Å². The maximum atomic E-state index is 12.6. The highest BCUT2D eigenvalue weighted by Gasteiger charge is 2.17. The second-order valence-electron chi connectivity index (χ2n) is 6.51. The van der Waals surface area contributed by atoms with Crippen LogP contribution in [0.1, 0.15) is 12.5 Å². The van der Waals surface area contributed by atoms with Crippen molar-refractivity contribution in [2.24, 2.45) is 0 Å². The number of benzene rings is 3. The minimum Gasteiger partial charge on any atom is -0.325 e. The lowest BCUT2D eigenvalue weighted by atomic mass is 10.2. The summed E-state index contributed by atoms with van der Waals surface area (Å²) in [4.78, 5) is 13.6. The molecule has 0 fully saturated rings. The summed E-state index contributed by atoms with van der Waals surface area (Å²) in [6.07, 6.45) is 0. The van der Waals surface area contributed by atoms with Crippen LogP contribution in [0.4, 0.5) is 11.4 Å². The first kappa shape index (κ1) is 21.0. The molecule has 150 valence electrons. The van der Waals surface area contributed by atoms with Gasteiger partial charge in [0.05, 0.1) is 15.8 Å². The molecule has 0 saturated carbocycles. The Morgan fingerprint density at radius 1 is 0.897 bits per heavy atom. The summed E-state index contributed by atoms with van der Waals surface area (Å²) in [5.74, 6) is -0.146. The van der Waals surface area contributed by atoms with Crippen molar-refractivity contribution < 1.29 is 13.2 Å². The van der Waals surface area contributed by atoms with E-state index in [4.69, 9.17) is 0 Å². The minimum absolute atomic E-state index is 0.130.